The highest BCUT2D eigenvalue weighted by Crippen LogP contribution is 2.47. The molecule has 2 aliphatic rings. The number of carbonyl (C=O) groups is 2. The Balaban J connectivity index is 1.44. The van der Waals surface area contributed by atoms with Gasteiger partial charge in [-0.25, -0.2) is 9.97 Å². The average Bonchev–Trinajstić information content (AvgIpc) is 3.36. The molecule has 0 radical (unpaired) electrons. The molecule has 1 saturated carbocycles. The Morgan fingerprint density at radius 3 is 2.40 bits per heavy atom. The molecule has 2 aromatic rings. The van der Waals surface area contributed by atoms with Crippen molar-refractivity contribution in [3.8, 4) is 10.0 Å². The number of unbranched alkanes of at least 4 members (excludes halogenated alkanes) is 2. The van der Waals surface area contributed by atoms with Crippen LogP contribution in [0.25, 0.3) is 10.0 Å². The van der Waals surface area contributed by atoms with Gasteiger partial charge < -0.3 is 0 Å². The standard InChI is InChI=1S/C24H32N2O2S2/c1-2-17(27)10-6-5-8-12-19(28)21-22(16-14-15-16)30-24(26-21)23-25-18-11-7-3-4-9-13-20(18)29-23/h16H,2-15H2,1H3. The summed E-state index contributed by atoms with van der Waals surface area (Å²) in [6.45, 7) is 1.91. The quantitative estimate of drug-likeness (QED) is 0.295. The largest absolute Gasteiger partial charge is 0.300 e. The van der Waals surface area contributed by atoms with Crippen LogP contribution in [0.5, 0.6) is 0 Å². The summed E-state index contributed by atoms with van der Waals surface area (Å²) in [6, 6.07) is 0. The molecule has 2 heterocycles. The van der Waals surface area contributed by atoms with Gasteiger partial charge in [-0.05, 0) is 57.3 Å². The number of fused-ring (bicyclic) bond motifs is 1. The zero-order chi connectivity index (χ0) is 20.9. The van der Waals surface area contributed by atoms with Gasteiger partial charge in [0, 0.05) is 29.0 Å². The van der Waals surface area contributed by atoms with Crippen molar-refractivity contribution in [2.45, 2.75) is 103 Å². The minimum atomic E-state index is 0.177. The lowest BCUT2D eigenvalue weighted by atomic mass is 10.0. The molecule has 162 valence electrons. The van der Waals surface area contributed by atoms with Crippen LogP contribution in [0, 0.1) is 0 Å². The molecule has 6 heteroatoms. The molecule has 0 aliphatic heterocycles. The van der Waals surface area contributed by atoms with E-state index in [1.54, 1.807) is 22.7 Å². The maximum atomic E-state index is 12.9. The molecule has 2 aliphatic carbocycles. The van der Waals surface area contributed by atoms with E-state index in [1.807, 2.05) is 6.92 Å². The number of nitrogens with zero attached hydrogens (tertiary/aromatic N) is 2. The molecule has 0 aromatic carbocycles. The number of rotatable bonds is 10. The van der Waals surface area contributed by atoms with Crippen LogP contribution in [0.15, 0.2) is 0 Å². The highest BCUT2D eigenvalue weighted by Gasteiger charge is 2.32. The Kier molecular flexibility index (Phi) is 7.47. The summed E-state index contributed by atoms with van der Waals surface area (Å²) in [5.74, 6) is 1.02. The van der Waals surface area contributed by atoms with E-state index < -0.39 is 0 Å². The third-order valence-corrected chi connectivity index (χ3v) is 8.67. The van der Waals surface area contributed by atoms with Crippen LogP contribution in [0.3, 0.4) is 0 Å². The van der Waals surface area contributed by atoms with Crippen LogP contribution in [0.1, 0.15) is 116 Å². The molecule has 4 rings (SSSR count). The van der Waals surface area contributed by atoms with E-state index in [1.165, 1.54) is 54.0 Å². The molecule has 0 spiro atoms. The van der Waals surface area contributed by atoms with Gasteiger partial charge in [0.1, 0.15) is 11.5 Å². The van der Waals surface area contributed by atoms with E-state index in [-0.39, 0.29) is 5.78 Å². The highest BCUT2D eigenvalue weighted by molar-refractivity contribution is 7.21. The predicted octanol–water partition coefficient (Wildman–Crippen LogP) is 6.92. The van der Waals surface area contributed by atoms with Crippen LogP contribution in [0.4, 0.5) is 0 Å². The van der Waals surface area contributed by atoms with Gasteiger partial charge in [-0.1, -0.05) is 26.2 Å². The Morgan fingerprint density at radius 1 is 0.900 bits per heavy atom. The maximum absolute atomic E-state index is 12.9. The molecule has 0 unspecified atom stereocenters. The highest BCUT2D eigenvalue weighted by atomic mass is 32.1. The number of hydrogen-bond donors (Lipinski definition) is 0. The number of Topliss-reactive ketones (excluding diaryl/α,β-unsaturated/α-hetero) is 2. The van der Waals surface area contributed by atoms with Crippen LogP contribution >= 0.6 is 22.7 Å². The minimum Gasteiger partial charge on any atom is -0.300 e. The summed E-state index contributed by atoms with van der Waals surface area (Å²) in [5.41, 5.74) is 1.98. The number of carbonyl (C=O) groups excluding carboxylic acids is 2. The van der Waals surface area contributed by atoms with Crippen LogP contribution in [-0.2, 0) is 17.6 Å². The van der Waals surface area contributed by atoms with Gasteiger partial charge in [0.25, 0.3) is 0 Å². The fourth-order valence-electron chi connectivity index (χ4n) is 4.12. The van der Waals surface area contributed by atoms with Gasteiger partial charge in [0.05, 0.1) is 5.69 Å². The van der Waals surface area contributed by atoms with E-state index in [0.717, 1.165) is 42.1 Å². The normalized spacial score (nSPS) is 16.7. The number of aromatic nitrogens is 2. The first-order valence-corrected chi connectivity index (χ1v) is 13.3. The van der Waals surface area contributed by atoms with Gasteiger partial charge in [-0.15, -0.1) is 22.7 Å². The van der Waals surface area contributed by atoms with E-state index in [9.17, 15) is 9.59 Å². The van der Waals surface area contributed by atoms with Crippen molar-refractivity contribution < 1.29 is 9.59 Å². The first kappa shape index (κ1) is 21.8. The summed E-state index contributed by atoms with van der Waals surface area (Å²) < 4.78 is 0. The molecule has 0 amide bonds. The second-order valence-electron chi connectivity index (χ2n) is 8.69. The fourth-order valence-corrected chi connectivity index (χ4v) is 6.54. The van der Waals surface area contributed by atoms with E-state index >= 15 is 0 Å². The van der Waals surface area contributed by atoms with E-state index in [2.05, 4.69) is 0 Å². The van der Waals surface area contributed by atoms with Crippen molar-refractivity contribution in [2.75, 3.05) is 0 Å². The lowest BCUT2D eigenvalue weighted by Crippen LogP contribution is -2.03. The van der Waals surface area contributed by atoms with Crippen LogP contribution < -0.4 is 0 Å². The lowest BCUT2D eigenvalue weighted by Gasteiger charge is -2.06. The molecular formula is C24H32N2O2S2. The molecule has 4 nitrogen and oxygen atoms in total. The lowest BCUT2D eigenvalue weighted by molar-refractivity contribution is -0.118. The summed E-state index contributed by atoms with van der Waals surface area (Å²) in [6.07, 6.45) is 14.2. The Labute approximate surface area is 187 Å². The zero-order valence-electron chi connectivity index (χ0n) is 18.0. The van der Waals surface area contributed by atoms with Crippen molar-refractivity contribution >= 4 is 34.2 Å². The Morgan fingerprint density at radius 2 is 1.63 bits per heavy atom. The Hall–Kier alpha value is -1.40. The third kappa shape index (κ3) is 5.44. The summed E-state index contributed by atoms with van der Waals surface area (Å²) in [7, 11) is 0. The van der Waals surface area contributed by atoms with Crippen LogP contribution in [0.2, 0.25) is 0 Å². The van der Waals surface area contributed by atoms with Gasteiger partial charge in [0.15, 0.2) is 15.8 Å². The first-order valence-electron chi connectivity index (χ1n) is 11.7. The second kappa shape index (κ2) is 10.3. The van der Waals surface area contributed by atoms with Gasteiger partial charge in [-0.2, -0.15) is 0 Å². The molecule has 0 N–H and O–H groups in total. The fraction of sp³-hybridized carbons (Fsp3) is 0.667. The monoisotopic (exact) mass is 444 g/mol. The second-order valence-corrected chi connectivity index (χ2v) is 10.8. The summed E-state index contributed by atoms with van der Waals surface area (Å²) >= 11 is 3.51. The van der Waals surface area contributed by atoms with Gasteiger partial charge in [-0.3, -0.25) is 9.59 Å². The number of ketones is 2. The van der Waals surface area contributed by atoms with Crippen molar-refractivity contribution in [3.63, 3.8) is 0 Å². The molecule has 2 aromatic heterocycles. The van der Waals surface area contributed by atoms with Crippen molar-refractivity contribution in [1.29, 1.82) is 0 Å². The molecule has 0 atom stereocenters. The summed E-state index contributed by atoms with van der Waals surface area (Å²) in [4.78, 5) is 36.8. The molecule has 30 heavy (non-hydrogen) atoms. The topological polar surface area (TPSA) is 59.9 Å². The molecule has 0 saturated heterocycles. The number of hydrogen-bond acceptors (Lipinski definition) is 6. The van der Waals surface area contributed by atoms with Gasteiger partial charge >= 0.3 is 0 Å². The van der Waals surface area contributed by atoms with Crippen molar-refractivity contribution in [3.05, 3.63) is 21.1 Å². The SMILES string of the molecule is CCC(=O)CCCCCC(=O)c1nc(-c2nc3c(s2)CCCCCC3)sc1C1CC1. The molecule has 0 bridgehead atoms. The predicted molar refractivity (Wildman–Crippen MR) is 124 cm³/mol. The third-order valence-electron chi connectivity index (χ3n) is 6.15. The number of aryl methyl sites for hydroxylation is 2. The van der Waals surface area contributed by atoms with Crippen molar-refractivity contribution in [2.24, 2.45) is 0 Å². The van der Waals surface area contributed by atoms with E-state index in [0.29, 0.717) is 36.7 Å². The summed E-state index contributed by atoms with van der Waals surface area (Å²) in [5, 5.41) is 1.97. The maximum Gasteiger partial charge on any atom is 0.182 e. The van der Waals surface area contributed by atoms with Crippen LogP contribution in [-0.4, -0.2) is 21.5 Å². The smallest absolute Gasteiger partial charge is 0.182 e. The minimum absolute atomic E-state index is 0.177. The van der Waals surface area contributed by atoms with E-state index in [4.69, 9.17) is 9.97 Å². The first-order chi connectivity index (χ1) is 14.7. The average molecular weight is 445 g/mol. The van der Waals surface area contributed by atoms with Crippen molar-refractivity contribution in [1.82, 2.24) is 9.97 Å². The number of thiazole rings is 2. The molecular weight excluding hydrogens is 412 g/mol. The molecule has 1 fully saturated rings. The zero-order valence-corrected chi connectivity index (χ0v) is 19.6. The Bertz CT molecular complexity index is 870. The van der Waals surface area contributed by atoms with Gasteiger partial charge in [0.2, 0.25) is 0 Å².